The third-order valence-corrected chi connectivity index (χ3v) is 6.42. The van der Waals surface area contributed by atoms with Gasteiger partial charge in [0.25, 0.3) is 0 Å². The number of hydrogen-bond acceptors (Lipinski definition) is 5. The van der Waals surface area contributed by atoms with Gasteiger partial charge in [-0.15, -0.1) is 0 Å². The van der Waals surface area contributed by atoms with E-state index in [0.29, 0.717) is 19.5 Å². The highest BCUT2D eigenvalue weighted by Gasteiger charge is 2.36. The molecule has 7 heteroatoms. The lowest BCUT2D eigenvalue weighted by atomic mass is 10.1. The molecule has 0 bridgehead atoms. The Balaban J connectivity index is 1.74. The van der Waals surface area contributed by atoms with Crippen LogP contribution in [0.3, 0.4) is 0 Å². The predicted molar refractivity (Wildman–Crippen MR) is 98.7 cm³/mol. The first-order valence-corrected chi connectivity index (χ1v) is 10.1. The molecule has 1 heterocycles. The Bertz CT molecular complexity index is 799. The molecule has 1 aliphatic heterocycles. The average Bonchev–Trinajstić information content (AvgIpc) is 2.65. The van der Waals surface area contributed by atoms with Crippen LogP contribution in [-0.4, -0.2) is 59.8 Å². The van der Waals surface area contributed by atoms with Gasteiger partial charge in [-0.1, -0.05) is 48.5 Å². The largest absolute Gasteiger partial charge is 0.388 e. The van der Waals surface area contributed by atoms with Gasteiger partial charge in [0.2, 0.25) is 10.0 Å². The van der Waals surface area contributed by atoms with Gasteiger partial charge in [0.1, 0.15) is 12.3 Å². The highest BCUT2D eigenvalue weighted by atomic mass is 32.2. The molecule has 0 radical (unpaired) electrons. The lowest BCUT2D eigenvalue weighted by Crippen LogP contribution is -2.53. The van der Waals surface area contributed by atoms with Crippen LogP contribution in [0.25, 0.3) is 0 Å². The van der Waals surface area contributed by atoms with Crippen molar-refractivity contribution in [3.05, 3.63) is 66.2 Å². The van der Waals surface area contributed by atoms with Crippen molar-refractivity contribution in [3.63, 3.8) is 0 Å². The van der Waals surface area contributed by atoms with Crippen molar-refractivity contribution in [2.75, 3.05) is 19.6 Å². The number of β-amino-alcohol motifs (C(OH)–C–C–N with tert-alkyl or cyclic N) is 1. The van der Waals surface area contributed by atoms with E-state index in [4.69, 9.17) is 0 Å². The molecule has 2 N–H and O–H groups in total. The Morgan fingerprint density at radius 1 is 0.923 bits per heavy atom. The second-order valence-corrected chi connectivity index (χ2v) is 8.37. The average molecular weight is 376 g/mol. The zero-order valence-corrected chi connectivity index (χ0v) is 15.3. The maximum atomic E-state index is 12.8. The van der Waals surface area contributed by atoms with E-state index in [2.05, 4.69) is 0 Å². The summed E-state index contributed by atoms with van der Waals surface area (Å²) in [5.41, 5.74) is 1.11. The lowest BCUT2D eigenvalue weighted by Gasteiger charge is -2.36. The monoisotopic (exact) mass is 376 g/mol. The van der Waals surface area contributed by atoms with Gasteiger partial charge in [-0.3, -0.25) is 4.90 Å². The molecule has 6 nitrogen and oxygen atoms in total. The molecule has 0 saturated carbocycles. The van der Waals surface area contributed by atoms with Crippen molar-refractivity contribution in [2.45, 2.75) is 30.2 Å². The first-order chi connectivity index (χ1) is 12.5. The molecule has 140 valence electrons. The quantitative estimate of drug-likeness (QED) is 0.840. The number of hydrogen-bond donors (Lipinski definition) is 2. The SMILES string of the molecule is O=S(=O)(c1ccccc1)N1CCCN(Cc2ccccc2)CC(O)C1O. The van der Waals surface area contributed by atoms with Crippen molar-refractivity contribution in [3.8, 4) is 0 Å². The van der Waals surface area contributed by atoms with E-state index in [1.807, 2.05) is 35.2 Å². The van der Waals surface area contributed by atoms with Crippen molar-refractivity contribution < 1.29 is 18.6 Å². The standard InChI is InChI=1S/C19H24N2O4S/c22-18-15-20(14-16-8-3-1-4-9-16)12-7-13-21(19(18)23)26(24,25)17-10-5-2-6-11-17/h1-6,8-11,18-19,22-23H,7,12-15H2. The van der Waals surface area contributed by atoms with Crippen molar-refractivity contribution >= 4 is 10.0 Å². The molecule has 2 unspecified atom stereocenters. The van der Waals surface area contributed by atoms with Crippen LogP contribution in [0.2, 0.25) is 0 Å². The number of sulfonamides is 1. The van der Waals surface area contributed by atoms with E-state index in [9.17, 15) is 18.6 Å². The van der Waals surface area contributed by atoms with Crippen molar-refractivity contribution in [1.29, 1.82) is 0 Å². The first kappa shape index (κ1) is 19.0. The summed E-state index contributed by atoms with van der Waals surface area (Å²) in [5.74, 6) is 0. The van der Waals surface area contributed by atoms with E-state index in [1.54, 1.807) is 18.2 Å². The Hall–Kier alpha value is -1.77. The molecule has 26 heavy (non-hydrogen) atoms. The zero-order valence-electron chi connectivity index (χ0n) is 14.5. The first-order valence-electron chi connectivity index (χ1n) is 8.68. The molecule has 2 aromatic carbocycles. The molecular formula is C19H24N2O4S. The maximum absolute atomic E-state index is 12.8. The second-order valence-electron chi connectivity index (χ2n) is 6.48. The minimum atomic E-state index is -3.86. The number of rotatable bonds is 4. The summed E-state index contributed by atoms with van der Waals surface area (Å²) in [6.45, 7) is 1.65. The fourth-order valence-electron chi connectivity index (χ4n) is 3.20. The maximum Gasteiger partial charge on any atom is 0.245 e. The summed E-state index contributed by atoms with van der Waals surface area (Å²) >= 11 is 0. The molecule has 0 amide bonds. The third-order valence-electron chi connectivity index (χ3n) is 4.54. The molecule has 0 spiro atoms. The molecule has 1 saturated heterocycles. The minimum Gasteiger partial charge on any atom is -0.388 e. The van der Waals surface area contributed by atoms with Gasteiger partial charge in [0.15, 0.2) is 0 Å². The van der Waals surface area contributed by atoms with E-state index < -0.39 is 22.4 Å². The van der Waals surface area contributed by atoms with Gasteiger partial charge >= 0.3 is 0 Å². The molecule has 3 rings (SSSR count). The van der Waals surface area contributed by atoms with E-state index in [0.717, 1.165) is 9.87 Å². The van der Waals surface area contributed by atoms with Crippen molar-refractivity contribution in [1.82, 2.24) is 9.21 Å². The smallest absolute Gasteiger partial charge is 0.245 e. The normalized spacial score (nSPS) is 23.3. The van der Waals surface area contributed by atoms with Crippen molar-refractivity contribution in [2.24, 2.45) is 0 Å². The Kier molecular flexibility index (Phi) is 6.05. The third kappa shape index (κ3) is 4.31. The summed E-state index contributed by atoms with van der Waals surface area (Å²) in [4.78, 5) is 2.16. The fourth-order valence-corrected chi connectivity index (χ4v) is 4.77. The fraction of sp³-hybridized carbons (Fsp3) is 0.368. The van der Waals surface area contributed by atoms with Gasteiger partial charge in [0.05, 0.1) is 4.90 Å². The Labute approximate surface area is 154 Å². The summed E-state index contributed by atoms with van der Waals surface area (Å²) in [7, 11) is -3.86. The number of aliphatic hydroxyl groups excluding tert-OH is 2. The van der Waals surface area contributed by atoms with E-state index >= 15 is 0 Å². The molecular weight excluding hydrogens is 352 g/mol. The molecule has 2 atom stereocenters. The van der Waals surface area contributed by atoms with Crippen LogP contribution in [0, 0.1) is 0 Å². The number of nitrogens with zero attached hydrogens (tertiary/aromatic N) is 2. The second kappa shape index (κ2) is 8.28. The van der Waals surface area contributed by atoms with Gasteiger partial charge in [-0.2, -0.15) is 4.31 Å². The van der Waals surface area contributed by atoms with Gasteiger partial charge in [-0.25, -0.2) is 8.42 Å². The Morgan fingerprint density at radius 3 is 2.19 bits per heavy atom. The predicted octanol–water partition coefficient (Wildman–Crippen LogP) is 1.26. The summed E-state index contributed by atoms with van der Waals surface area (Å²) < 4.78 is 26.7. The zero-order chi connectivity index (χ0) is 18.6. The number of aliphatic hydroxyl groups is 2. The summed E-state index contributed by atoms with van der Waals surface area (Å²) in [5, 5.41) is 20.9. The minimum absolute atomic E-state index is 0.118. The highest BCUT2D eigenvalue weighted by Crippen LogP contribution is 2.21. The van der Waals surface area contributed by atoms with Crippen LogP contribution in [0.15, 0.2) is 65.6 Å². The van der Waals surface area contributed by atoms with E-state index in [1.165, 1.54) is 12.1 Å². The lowest BCUT2D eigenvalue weighted by molar-refractivity contribution is -0.0695. The van der Waals surface area contributed by atoms with Crippen LogP contribution >= 0.6 is 0 Å². The van der Waals surface area contributed by atoms with Gasteiger partial charge in [0, 0.05) is 19.6 Å². The molecule has 0 aliphatic carbocycles. The molecule has 0 aromatic heterocycles. The van der Waals surface area contributed by atoms with Crippen LogP contribution < -0.4 is 0 Å². The van der Waals surface area contributed by atoms with Gasteiger partial charge < -0.3 is 10.2 Å². The van der Waals surface area contributed by atoms with E-state index in [-0.39, 0.29) is 18.0 Å². The molecule has 2 aromatic rings. The molecule has 1 fully saturated rings. The van der Waals surface area contributed by atoms with Gasteiger partial charge in [-0.05, 0) is 30.7 Å². The molecule has 1 aliphatic rings. The number of benzene rings is 2. The van der Waals surface area contributed by atoms with Crippen LogP contribution in [0.1, 0.15) is 12.0 Å². The summed E-state index contributed by atoms with van der Waals surface area (Å²) in [6, 6.07) is 17.9. The van der Waals surface area contributed by atoms with Crippen LogP contribution in [0.5, 0.6) is 0 Å². The highest BCUT2D eigenvalue weighted by molar-refractivity contribution is 7.89. The topological polar surface area (TPSA) is 81.1 Å². The van der Waals surface area contributed by atoms with Crippen LogP contribution in [-0.2, 0) is 16.6 Å². The van der Waals surface area contributed by atoms with Crippen LogP contribution in [0.4, 0.5) is 0 Å². The summed E-state index contributed by atoms with van der Waals surface area (Å²) in [6.07, 6.45) is -2.08. The Morgan fingerprint density at radius 2 is 1.54 bits per heavy atom.